The second-order valence-electron chi connectivity index (χ2n) is 7.71. The zero-order valence-electron chi connectivity index (χ0n) is 16.6. The van der Waals surface area contributed by atoms with Crippen molar-refractivity contribution in [3.05, 3.63) is 64.9 Å². The Labute approximate surface area is 180 Å². The maximum Gasteiger partial charge on any atom is 0.251 e. The first-order valence-corrected chi connectivity index (χ1v) is 10.5. The van der Waals surface area contributed by atoms with Crippen LogP contribution in [0.15, 0.2) is 48.8 Å². The highest BCUT2D eigenvalue weighted by Gasteiger charge is 2.38. The van der Waals surface area contributed by atoms with Gasteiger partial charge in [0.05, 0.1) is 6.04 Å². The van der Waals surface area contributed by atoms with Crippen LogP contribution in [-0.4, -0.2) is 53.5 Å². The van der Waals surface area contributed by atoms with Gasteiger partial charge in [-0.25, -0.2) is 0 Å². The minimum absolute atomic E-state index is 0.0827. The van der Waals surface area contributed by atoms with Gasteiger partial charge in [0.25, 0.3) is 5.91 Å². The van der Waals surface area contributed by atoms with Crippen molar-refractivity contribution in [3.8, 4) is 0 Å². The van der Waals surface area contributed by atoms with Gasteiger partial charge in [-0.3, -0.25) is 19.5 Å². The van der Waals surface area contributed by atoms with Crippen molar-refractivity contribution < 1.29 is 14.3 Å². The van der Waals surface area contributed by atoms with E-state index in [1.165, 1.54) is 5.56 Å². The topological polar surface area (TPSA) is 83.6 Å². The molecule has 2 aliphatic rings. The summed E-state index contributed by atoms with van der Waals surface area (Å²) in [5.74, 6) is -0.471. The third-order valence-corrected chi connectivity index (χ3v) is 5.95. The van der Waals surface area contributed by atoms with Crippen molar-refractivity contribution in [2.45, 2.75) is 37.6 Å². The maximum atomic E-state index is 13.0. The monoisotopic (exact) mass is 428 g/mol. The standard InChI is InChI=1S/C22H25ClN4O3/c23-18-4-2-1-3-17(18)20-21(30-14-19(28)26-20)22(29)25-16-7-11-27(12-8-16)13-15-5-9-24-10-6-15/h1-6,9-10,16,20-21H,7-8,11-14H2,(H,25,29)(H,26,28)/t20-,21+/m1/s1. The molecule has 2 fully saturated rings. The van der Waals surface area contributed by atoms with E-state index in [0.717, 1.165) is 32.5 Å². The number of aromatic nitrogens is 1. The zero-order chi connectivity index (χ0) is 20.9. The summed E-state index contributed by atoms with van der Waals surface area (Å²) in [6.07, 6.45) is 4.54. The summed E-state index contributed by atoms with van der Waals surface area (Å²) in [5.41, 5.74) is 1.92. The van der Waals surface area contributed by atoms with Crippen LogP contribution in [0.5, 0.6) is 0 Å². The molecule has 1 aromatic carbocycles. The number of morpholine rings is 1. The number of amides is 2. The lowest BCUT2D eigenvalue weighted by atomic mass is 9.98. The predicted octanol–water partition coefficient (Wildman–Crippen LogP) is 2.07. The van der Waals surface area contributed by atoms with Crippen LogP contribution in [-0.2, 0) is 20.9 Å². The van der Waals surface area contributed by atoms with Crippen LogP contribution in [0, 0.1) is 0 Å². The highest BCUT2D eigenvalue weighted by atomic mass is 35.5. The Morgan fingerprint density at radius 3 is 2.67 bits per heavy atom. The molecule has 3 heterocycles. The number of rotatable bonds is 5. The van der Waals surface area contributed by atoms with E-state index in [1.54, 1.807) is 24.5 Å². The summed E-state index contributed by atoms with van der Waals surface area (Å²) < 4.78 is 5.62. The van der Waals surface area contributed by atoms with E-state index in [-0.39, 0.29) is 24.5 Å². The molecule has 1 aromatic heterocycles. The molecule has 0 saturated carbocycles. The molecule has 158 valence electrons. The van der Waals surface area contributed by atoms with Crippen LogP contribution >= 0.6 is 11.6 Å². The number of halogens is 1. The minimum atomic E-state index is -0.808. The number of hydrogen-bond acceptors (Lipinski definition) is 5. The van der Waals surface area contributed by atoms with Gasteiger partial charge in [-0.15, -0.1) is 0 Å². The Hall–Kier alpha value is -2.48. The lowest BCUT2D eigenvalue weighted by Gasteiger charge is -2.35. The van der Waals surface area contributed by atoms with Gasteiger partial charge in [0, 0.05) is 43.1 Å². The Balaban J connectivity index is 1.35. The van der Waals surface area contributed by atoms with Gasteiger partial charge in [-0.1, -0.05) is 29.8 Å². The van der Waals surface area contributed by atoms with Crippen molar-refractivity contribution in [1.82, 2.24) is 20.5 Å². The van der Waals surface area contributed by atoms with E-state index in [1.807, 2.05) is 24.3 Å². The third kappa shape index (κ3) is 4.98. The fourth-order valence-electron chi connectivity index (χ4n) is 4.01. The van der Waals surface area contributed by atoms with E-state index in [2.05, 4.69) is 20.5 Å². The third-order valence-electron chi connectivity index (χ3n) is 5.60. The maximum absolute atomic E-state index is 13.0. The van der Waals surface area contributed by atoms with Crippen molar-refractivity contribution >= 4 is 23.4 Å². The molecule has 0 radical (unpaired) electrons. The molecule has 0 spiro atoms. The van der Waals surface area contributed by atoms with E-state index >= 15 is 0 Å². The van der Waals surface area contributed by atoms with Crippen molar-refractivity contribution in [3.63, 3.8) is 0 Å². The van der Waals surface area contributed by atoms with E-state index in [9.17, 15) is 9.59 Å². The van der Waals surface area contributed by atoms with Gasteiger partial charge in [0.15, 0.2) is 6.10 Å². The molecule has 0 unspecified atom stereocenters. The Morgan fingerprint density at radius 2 is 1.93 bits per heavy atom. The molecule has 7 nitrogen and oxygen atoms in total. The van der Waals surface area contributed by atoms with Gasteiger partial charge in [0.2, 0.25) is 5.91 Å². The molecule has 2 aromatic rings. The molecular weight excluding hydrogens is 404 g/mol. The van der Waals surface area contributed by atoms with Crippen molar-refractivity contribution in [1.29, 1.82) is 0 Å². The minimum Gasteiger partial charge on any atom is -0.356 e. The van der Waals surface area contributed by atoms with Crippen LogP contribution in [0.3, 0.4) is 0 Å². The second-order valence-corrected chi connectivity index (χ2v) is 8.12. The summed E-state index contributed by atoms with van der Waals surface area (Å²) >= 11 is 6.30. The molecular formula is C22H25ClN4O3. The quantitative estimate of drug-likeness (QED) is 0.761. The number of nitrogens with zero attached hydrogens (tertiary/aromatic N) is 2. The lowest BCUT2D eigenvalue weighted by molar-refractivity contribution is -0.148. The molecule has 0 aliphatic carbocycles. The van der Waals surface area contributed by atoms with Gasteiger partial charge >= 0.3 is 0 Å². The van der Waals surface area contributed by atoms with Gasteiger partial charge in [0.1, 0.15) is 6.61 Å². The first-order valence-electron chi connectivity index (χ1n) is 10.2. The Bertz CT molecular complexity index is 887. The second kappa shape index (κ2) is 9.55. The van der Waals surface area contributed by atoms with Gasteiger partial charge in [-0.05, 0) is 42.2 Å². The molecule has 2 saturated heterocycles. The van der Waals surface area contributed by atoms with Crippen LogP contribution in [0.1, 0.15) is 30.0 Å². The van der Waals surface area contributed by atoms with Crippen LogP contribution in [0.2, 0.25) is 5.02 Å². The highest BCUT2D eigenvalue weighted by Crippen LogP contribution is 2.29. The van der Waals surface area contributed by atoms with E-state index in [0.29, 0.717) is 10.6 Å². The molecule has 2 aliphatic heterocycles. The van der Waals surface area contributed by atoms with Crippen molar-refractivity contribution in [2.75, 3.05) is 19.7 Å². The lowest BCUT2D eigenvalue weighted by Crippen LogP contribution is -2.55. The summed E-state index contributed by atoms with van der Waals surface area (Å²) in [5, 5.41) is 6.46. The number of nitrogens with one attached hydrogen (secondary N) is 2. The number of pyridine rings is 1. The van der Waals surface area contributed by atoms with Gasteiger partial charge in [-0.2, -0.15) is 0 Å². The molecule has 30 heavy (non-hydrogen) atoms. The normalized spacial score (nSPS) is 23.0. The number of likely N-dealkylation sites (tertiary alicyclic amines) is 1. The SMILES string of the molecule is O=C1CO[C@H](C(=O)NC2CCN(Cc3ccncc3)CC2)[C@@H](c2ccccc2Cl)N1. The van der Waals surface area contributed by atoms with Crippen LogP contribution < -0.4 is 10.6 Å². The molecule has 2 amide bonds. The van der Waals surface area contributed by atoms with E-state index < -0.39 is 12.1 Å². The number of piperidine rings is 1. The predicted molar refractivity (Wildman–Crippen MR) is 113 cm³/mol. The van der Waals surface area contributed by atoms with Crippen LogP contribution in [0.25, 0.3) is 0 Å². The smallest absolute Gasteiger partial charge is 0.251 e. The summed E-state index contributed by atoms with van der Waals surface area (Å²) in [6, 6.07) is 10.7. The van der Waals surface area contributed by atoms with Gasteiger partial charge < -0.3 is 15.4 Å². The average molecular weight is 429 g/mol. The fourth-order valence-corrected chi connectivity index (χ4v) is 4.27. The zero-order valence-corrected chi connectivity index (χ0v) is 17.3. The summed E-state index contributed by atoms with van der Waals surface area (Å²) in [4.78, 5) is 31.3. The molecule has 4 rings (SSSR count). The fraction of sp³-hybridized carbons (Fsp3) is 0.409. The Morgan fingerprint density at radius 1 is 1.20 bits per heavy atom. The summed E-state index contributed by atoms with van der Waals surface area (Å²) in [7, 11) is 0. The van der Waals surface area contributed by atoms with Crippen LogP contribution in [0.4, 0.5) is 0 Å². The number of carbonyl (C=O) groups excluding carboxylic acids is 2. The van der Waals surface area contributed by atoms with Crippen molar-refractivity contribution in [2.24, 2.45) is 0 Å². The molecule has 2 N–H and O–H groups in total. The Kier molecular flexibility index (Phi) is 6.62. The highest BCUT2D eigenvalue weighted by molar-refractivity contribution is 6.31. The number of benzene rings is 1. The number of hydrogen-bond donors (Lipinski definition) is 2. The van der Waals surface area contributed by atoms with E-state index in [4.69, 9.17) is 16.3 Å². The number of carbonyl (C=O) groups is 2. The number of ether oxygens (including phenoxy) is 1. The molecule has 8 heteroatoms. The molecule has 2 atom stereocenters. The largest absolute Gasteiger partial charge is 0.356 e. The first kappa shape index (κ1) is 20.8. The first-order chi connectivity index (χ1) is 14.6. The molecule has 0 bridgehead atoms. The average Bonchev–Trinajstić information content (AvgIpc) is 2.76. The summed E-state index contributed by atoms with van der Waals surface area (Å²) in [6.45, 7) is 2.56.